The van der Waals surface area contributed by atoms with Gasteiger partial charge in [0.25, 0.3) is 0 Å². The number of Topliss-reactive ketones (excluding diaryl/α,β-unsaturated/α-hetero) is 1. The molecular weight excluding hydrogens is 246 g/mol. The molecule has 2 saturated heterocycles. The summed E-state index contributed by atoms with van der Waals surface area (Å²) in [7, 11) is 0. The standard InChI is InChI=1S/C14H23NO4/c1-10(16)13(5)6-15(7-14(13)8-18-9-14)11(17)19-12(2,3)4/h6-9H2,1-5H3/t13-/m1/s1. The molecule has 0 unspecified atom stereocenters. The van der Waals surface area contributed by atoms with Gasteiger partial charge in [0.1, 0.15) is 11.4 Å². The van der Waals surface area contributed by atoms with Crippen molar-refractivity contribution in [2.75, 3.05) is 26.3 Å². The van der Waals surface area contributed by atoms with E-state index in [0.717, 1.165) is 0 Å². The third-order valence-corrected chi connectivity index (χ3v) is 4.36. The van der Waals surface area contributed by atoms with E-state index in [-0.39, 0.29) is 17.3 Å². The Morgan fingerprint density at radius 2 is 1.79 bits per heavy atom. The highest BCUT2D eigenvalue weighted by atomic mass is 16.6. The zero-order valence-corrected chi connectivity index (χ0v) is 12.4. The van der Waals surface area contributed by atoms with Gasteiger partial charge in [0.15, 0.2) is 0 Å². The van der Waals surface area contributed by atoms with Crippen molar-refractivity contribution in [2.24, 2.45) is 10.8 Å². The Kier molecular flexibility index (Phi) is 3.16. The summed E-state index contributed by atoms with van der Waals surface area (Å²) >= 11 is 0. The Morgan fingerprint density at radius 3 is 2.11 bits per heavy atom. The van der Waals surface area contributed by atoms with Crippen molar-refractivity contribution in [3.63, 3.8) is 0 Å². The predicted octanol–water partition coefficient (Wildman–Crippen LogP) is 1.85. The first kappa shape index (κ1) is 14.3. The second-order valence-corrected chi connectivity index (χ2v) is 7.00. The van der Waals surface area contributed by atoms with Crippen LogP contribution in [0.4, 0.5) is 4.79 Å². The molecule has 2 aliphatic heterocycles. The Bertz CT molecular complexity index is 408. The summed E-state index contributed by atoms with van der Waals surface area (Å²) in [6.07, 6.45) is -0.344. The van der Waals surface area contributed by atoms with E-state index in [1.807, 2.05) is 27.7 Å². The number of ketones is 1. The minimum atomic E-state index is -0.526. The van der Waals surface area contributed by atoms with Crippen LogP contribution in [-0.4, -0.2) is 48.7 Å². The van der Waals surface area contributed by atoms with Gasteiger partial charge >= 0.3 is 6.09 Å². The molecule has 2 fully saturated rings. The summed E-state index contributed by atoms with van der Waals surface area (Å²) in [5.41, 5.74) is -1.27. The molecule has 2 heterocycles. The zero-order valence-electron chi connectivity index (χ0n) is 12.4. The van der Waals surface area contributed by atoms with E-state index in [9.17, 15) is 9.59 Å². The van der Waals surface area contributed by atoms with Crippen LogP contribution in [0.25, 0.3) is 0 Å². The van der Waals surface area contributed by atoms with Crippen LogP contribution in [0.1, 0.15) is 34.6 Å². The average molecular weight is 269 g/mol. The van der Waals surface area contributed by atoms with E-state index < -0.39 is 11.0 Å². The number of hydrogen-bond donors (Lipinski definition) is 0. The molecule has 0 bridgehead atoms. The normalized spacial score (nSPS) is 29.2. The van der Waals surface area contributed by atoms with Gasteiger partial charge in [-0.1, -0.05) is 6.92 Å². The Balaban J connectivity index is 2.16. The molecule has 2 aliphatic rings. The molecule has 1 spiro atoms. The van der Waals surface area contributed by atoms with E-state index in [2.05, 4.69) is 0 Å². The van der Waals surface area contributed by atoms with E-state index in [4.69, 9.17) is 9.47 Å². The maximum Gasteiger partial charge on any atom is 0.410 e. The summed E-state index contributed by atoms with van der Waals surface area (Å²) in [4.78, 5) is 25.8. The Morgan fingerprint density at radius 1 is 1.21 bits per heavy atom. The summed E-state index contributed by atoms with van der Waals surface area (Å²) in [6.45, 7) is 11.1. The average Bonchev–Trinajstić information content (AvgIpc) is 2.50. The first-order valence-corrected chi connectivity index (χ1v) is 6.66. The highest BCUT2D eigenvalue weighted by molar-refractivity contribution is 5.85. The molecule has 2 rings (SSSR count). The fourth-order valence-electron chi connectivity index (χ4n) is 2.84. The maximum atomic E-state index is 12.2. The molecule has 5 heteroatoms. The summed E-state index contributed by atoms with van der Waals surface area (Å²) in [5, 5.41) is 0. The van der Waals surface area contributed by atoms with Gasteiger partial charge in [-0.15, -0.1) is 0 Å². The second kappa shape index (κ2) is 4.20. The van der Waals surface area contributed by atoms with Crippen molar-refractivity contribution in [1.29, 1.82) is 0 Å². The number of carbonyl (C=O) groups excluding carboxylic acids is 2. The van der Waals surface area contributed by atoms with E-state index in [1.54, 1.807) is 11.8 Å². The molecule has 19 heavy (non-hydrogen) atoms. The van der Waals surface area contributed by atoms with Crippen LogP contribution in [0.3, 0.4) is 0 Å². The van der Waals surface area contributed by atoms with E-state index >= 15 is 0 Å². The Labute approximate surface area is 114 Å². The van der Waals surface area contributed by atoms with Gasteiger partial charge < -0.3 is 14.4 Å². The minimum absolute atomic E-state index is 0.113. The van der Waals surface area contributed by atoms with Crippen LogP contribution in [0.5, 0.6) is 0 Å². The Hall–Kier alpha value is -1.10. The fourth-order valence-corrected chi connectivity index (χ4v) is 2.84. The van der Waals surface area contributed by atoms with Gasteiger partial charge in [-0.05, 0) is 27.7 Å². The van der Waals surface area contributed by atoms with Crippen LogP contribution >= 0.6 is 0 Å². The first-order chi connectivity index (χ1) is 8.60. The van der Waals surface area contributed by atoms with Crippen LogP contribution in [0, 0.1) is 10.8 Å². The summed E-state index contributed by atoms with van der Waals surface area (Å²) in [6, 6.07) is 0. The minimum Gasteiger partial charge on any atom is -0.444 e. The topological polar surface area (TPSA) is 55.8 Å². The fraction of sp³-hybridized carbons (Fsp3) is 0.857. The number of amides is 1. The van der Waals surface area contributed by atoms with Crippen molar-refractivity contribution < 1.29 is 19.1 Å². The molecule has 0 aliphatic carbocycles. The molecule has 0 aromatic rings. The quantitative estimate of drug-likeness (QED) is 0.729. The third kappa shape index (κ3) is 2.24. The highest BCUT2D eigenvalue weighted by Gasteiger charge is 2.62. The maximum absolute atomic E-state index is 12.2. The van der Waals surface area contributed by atoms with Crippen molar-refractivity contribution in [3.05, 3.63) is 0 Å². The molecular formula is C14H23NO4. The molecule has 1 amide bonds. The second-order valence-electron chi connectivity index (χ2n) is 7.00. The number of carbonyl (C=O) groups is 2. The van der Waals surface area contributed by atoms with Crippen molar-refractivity contribution >= 4 is 11.9 Å². The van der Waals surface area contributed by atoms with E-state index in [0.29, 0.717) is 26.3 Å². The smallest absolute Gasteiger partial charge is 0.410 e. The lowest BCUT2D eigenvalue weighted by Gasteiger charge is -2.47. The van der Waals surface area contributed by atoms with Gasteiger partial charge in [0.2, 0.25) is 0 Å². The molecule has 0 aromatic carbocycles. The van der Waals surface area contributed by atoms with Crippen molar-refractivity contribution in [1.82, 2.24) is 4.90 Å². The number of nitrogens with zero attached hydrogens (tertiary/aromatic N) is 1. The van der Waals surface area contributed by atoms with Crippen molar-refractivity contribution in [3.8, 4) is 0 Å². The van der Waals surface area contributed by atoms with Crippen LogP contribution in [0.2, 0.25) is 0 Å². The number of ether oxygens (including phenoxy) is 2. The lowest BCUT2D eigenvalue weighted by Crippen LogP contribution is -2.56. The highest BCUT2D eigenvalue weighted by Crippen LogP contribution is 2.51. The molecule has 5 nitrogen and oxygen atoms in total. The molecule has 0 N–H and O–H groups in total. The molecule has 1 atom stereocenters. The lowest BCUT2D eigenvalue weighted by molar-refractivity contribution is -0.168. The van der Waals surface area contributed by atoms with Crippen molar-refractivity contribution in [2.45, 2.75) is 40.2 Å². The number of rotatable bonds is 1. The molecule has 0 radical (unpaired) electrons. The predicted molar refractivity (Wildman–Crippen MR) is 69.8 cm³/mol. The lowest BCUT2D eigenvalue weighted by atomic mass is 9.63. The van der Waals surface area contributed by atoms with E-state index in [1.165, 1.54) is 0 Å². The first-order valence-electron chi connectivity index (χ1n) is 6.66. The van der Waals surface area contributed by atoms with Crippen LogP contribution in [0.15, 0.2) is 0 Å². The summed E-state index contributed by atoms with van der Waals surface area (Å²) in [5.74, 6) is 0.113. The summed E-state index contributed by atoms with van der Waals surface area (Å²) < 4.78 is 10.7. The third-order valence-electron chi connectivity index (χ3n) is 4.36. The van der Waals surface area contributed by atoms with Gasteiger partial charge in [0.05, 0.1) is 18.6 Å². The molecule has 0 aromatic heterocycles. The van der Waals surface area contributed by atoms with Gasteiger partial charge in [-0.25, -0.2) is 4.79 Å². The van der Waals surface area contributed by atoms with Crippen LogP contribution in [-0.2, 0) is 14.3 Å². The zero-order chi connectivity index (χ0) is 14.5. The van der Waals surface area contributed by atoms with Gasteiger partial charge in [-0.2, -0.15) is 0 Å². The van der Waals surface area contributed by atoms with Crippen LogP contribution < -0.4 is 0 Å². The monoisotopic (exact) mass is 269 g/mol. The molecule has 108 valence electrons. The number of likely N-dealkylation sites (tertiary alicyclic amines) is 1. The molecule has 0 saturated carbocycles. The van der Waals surface area contributed by atoms with Gasteiger partial charge in [0, 0.05) is 18.5 Å². The largest absolute Gasteiger partial charge is 0.444 e. The van der Waals surface area contributed by atoms with Gasteiger partial charge in [-0.3, -0.25) is 4.79 Å². The number of hydrogen-bond acceptors (Lipinski definition) is 4. The SMILES string of the molecule is CC(=O)[C@@]1(C)CN(C(=O)OC(C)(C)C)CC12COC2.